The van der Waals surface area contributed by atoms with Crippen molar-refractivity contribution in [3.05, 3.63) is 23.8 Å². The first-order valence-electron chi connectivity index (χ1n) is 5.28. The van der Waals surface area contributed by atoms with E-state index in [0.29, 0.717) is 0 Å². The lowest BCUT2D eigenvalue weighted by Crippen LogP contribution is -2.29. The van der Waals surface area contributed by atoms with Crippen molar-refractivity contribution in [1.82, 2.24) is 4.31 Å². The lowest BCUT2D eigenvalue weighted by atomic mass is 10.2. The first kappa shape index (κ1) is 15.4. The third-order valence-corrected chi connectivity index (χ3v) is 4.39. The van der Waals surface area contributed by atoms with E-state index in [1.807, 2.05) is 0 Å². The molecule has 0 atom stereocenters. The number of carbonyl (C=O) groups is 1. The monoisotopic (exact) mass is 291 g/mol. The van der Waals surface area contributed by atoms with Crippen LogP contribution in [0.2, 0.25) is 0 Å². The Morgan fingerprint density at radius 1 is 1.47 bits per heavy atom. The zero-order valence-electron chi connectivity index (χ0n) is 10.5. The van der Waals surface area contributed by atoms with Crippen LogP contribution in [0.5, 0.6) is 5.75 Å². The molecule has 1 aromatic carbocycles. The maximum atomic E-state index is 12.2. The molecule has 0 heterocycles. The van der Waals surface area contributed by atoms with Gasteiger partial charge in [0.15, 0.2) is 0 Å². The molecule has 0 aliphatic rings. The number of hydrogen-bond donors (Lipinski definition) is 1. The van der Waals surface area contributed by atoms with Crippen LogP contribution in [0.4, 0.5) is 4.39 Å². The molecule has 1 N–H and O–H groups in total. The average molecular weight is 291 g/mol. The van der Waals surface area contributed by atoms with Gasteiger partial charge in [-0.05, 0) is 18.2 Å². The highest BCUT2D eigenvalue weighted by molar-refractivity contribution is 7.89. The number of alkyl halides is 1. The summed E-state index contributed by atoms with van der Waals surface area (Å²) >= 11 is 0. The number of nitrogens with zero attached hydrogens (tertiary/aromatic N) is 1. The van der Waals surface area contributed by atoms with Gasteiger partial charge in [-0.15, -0.1) is 0 Å². The van der Waals surface area contributed by atoms with Crippen molar-refractivity contribution >= 4 is 16.0 Å². The highest BCUT2D eigenvalue weighted by atomic mass is 32.2. The van der Waals surface area contributed by atoms with Crippen LogP contribution in [0.25, 0.3) is 0 Å². The van der Waals surface area contributed by atoms with E-state index >= 15 is 0 Å². The molecule has 1 rings (SSSR count). The van der Waals surface area contributed by atoms with Crippen molar-refractivity contribution < 1.29 is 27.4 Å². The molecule has 0 bridgehead atoms. The zero-order valence-corrected chi connectivity index (χ0v) is 11.3. The molecule has 0 aromatic heterocycles. The number of carboxylic acid groups (broad SMARTS) is 1. The minimum Gasteiger partial charge on any atom is -0.495 e. The van der Waals surface area contributed by atoms with Gasteiger partial charge in [-0.3, -0.25) is 0 Å². The third-order valence-electron chi connectivity index (χ3n) is 2.50. The number of methoxy groups -OCH3 is 1. The molecule has 0 radical (unpaired) electrons. The zero-order chi connectivity index (χ0) is 14.6. The lowest BCUT2D eigenvalue weighted by Gasteiger charge is -2.17. The van der Waals surface area contributed by atoms with Crippen molar-refractivity contribution in [3.8, 4) is 5.75 Å². The summed E-state index contributed by atoms with van der Waals surface area (Å²) < 4.78 is 42.2. The Morgan fingerprint density at radius 3 is 2.58 bits per heavy atom. The van der Waals surface area contributed by atoms with Crippen LogP contribution >= 0.6 is 0 Å². The summed E-state index contributed by atoms with van der Waals surface area (Å²) in [5, 5.41) is 8.83. The molecule has 106 valence electrons. The van der Waals surface area contributed by atoms with Gasteiger partial charge < -0.3 is 9.84 Å². The molecular weight excluding hydrogens is 277 g/mol. The van der Waals surface area contributed by atoms with Crippen LogP contribution in [0.1, 0.15) is 10.4 Å². The number of benzene rings is 1. The second-order valence-corrected chi connectivity index (χ2v) is 5.70. The summed E-state index contributed by atoms with van der Waals surface area (Å²) in [7, 11) is -1.44. The molecule has 0 amide bonds. The number of carboxylic acids is 1. The molecule has 8 heteroatoms. The molecule has 0 aliphatic heterocycles. The minimum atomic E-state index is -3.91. The van der Waals surface area contributed by atoms with Crippen molar-refractivity contribution in [3.63, 3.8) is 0 Å². The molecule has 19 heavy (non-hydrogen) atoms. The smallest absolute Gasteiger partial charge is 0.335 e. The van der Waals surface area contributed by atoms with Gasteiger partial charge in [-0.25, -0.2) is 17.6 Å². The summed E-state index contributed by atoms with van der Waals surface area (Å²) in [4.78, 5) is 10.6. The van der Waals surface area contributed by atoms with Crippen LogP contribution in [0, 0.1) is 0 Å². The van der Waals surface area contributed by atoms with E-state index < -0.39 is 22.7 Å². The van der Waals surface area contributed by atoms with Gasteiger partial charge in [0.2, 0.25) is 10.0 Å². The summed E-state index contributed by atoms with van der Waals surface area (Å²) in [6.07, 6.45) is 0. The Bertz CT molecular complexity index is 572. The standard InChI is InChI=1S/C11H14FNO5S/c1-13(6-5-12)19(16,17)10-4-3-8(11(14)15)7-9(10)18-2/h3-4,7H,5-6H2,1-2H3,(H,14,15). The van der Waals surface area contributed by atoms with Gasteiger partial charge in [-0.2, -0.15) is 4.31 Å². The van der Waals surface area contributed by atoms with Crippen molar-refractivity contribution in [2.75, 3.05) is 27.4 Å². The second kappa shape index (κ2) is 5.98. The fraction of sp³-hybridized carbons (Fsp3) is 0.364. The van der Waals surface area contributed by atoms with Gasteiger partial charge in [0.25, 0.3) is 0 Å². The molecule has 0 saturated heterocycles. The lowest BCUT2D eigenvalue weighted by molar-refractivity contribution is 0.0696. The first-order chi connectivity index (χ1) is 8.84. The number of aromatic carboxylic acids is 1. The topological polar surface area (TPSA) is 83.9 Å². The third kappa shape index (κ3) is 3.21. The van der Waals surface area contributed by atoms with Crippen LogP contribution in [0.3, 0.4) is 0 Å². The predicted molar refractivity (Wildman–Crippen MR) is 65.7 cm³/mol. The largest absolute Gasteiger partial charge is 0.495 e. The summed E-state index contributed by atoms with van der Waals surface area (Å²) in [6, 6.07) is 3.39. The quantitative estimate of drug-likeness (QED) is 0.844. The molecule has 0 spiro atoms. The van der Waals surface area contributed by atoms with Crippen molar-refractivity contribution in [2.45, 2.75) is 4.90 Å². The predicted octanol–water partition coefficient (Wildman–Crippen LogP) is 0.983. The van der Waals surface area contributed by atoms with E-state index in [2.05, 4.69) is 0 Å². The molecule has 6 nitrogen and oxygen atoms in total. The molecule has 1 aromatic rings. The summed E-state index contributed by atoms with van der Waals surface area (Å²) in [6.45, 7) is -1.10. The van der Waals surface area contributed by atoms with Gasteiger partial charge >= 0.3 is 5.97 Å². The Kier molecular flexibility index (Phi) is 4.84. The maximum absolute atomic E-state index is 12.2. The Morgan fingerprint density at radius 2 is 2.11 bits per heavy atom. The Hall–Kier alpha value is -1.67. The average Bonchev–Trinajstić information content (AvgIpc) is 2.38. The fourth-order valence-corrected chi connectivity index (χ4v) is 2.70. The van der Waals surface area contributed by atoms with Gasteiger partial charge in [0.05, 0.1) is 12.7 Å². The Labute approximate surface area is 110 Å². The van der Waals surface area contributed by atoms with Crippen molar-refractivity contribution in [2.24, 2.45) is 0 Å². The molecule has 0 unspecified atom stereocenters. The minimum absolute atomic E-state index is 0.0920. The van der Waals surface area contributed by atoms with E-state index in [0.717, 1.165) is 22.5 Å². The van der Waals surface area contributed by atoms with Crippen LogP contribution in [-0.2, 0) is 10.0 Å². The summed E-state index contributed by atoms with van der Waals surface area (Å²) in [5.41, 5.74) is -0.0936. The Balaban J connectivity index is 3.31. The SMILES string of the molecule is COc1cc(C(=O)O)ccc1S(=O)(=O)N(C)CCF. The number of sulfonamides is 1. The highest BCUT2D eigenvalue weighted by Gasteiger charge is 2.25. The molecule has 0 aliphatic carbocycles. The normalized spacial score (nSPS) is 11.6. The van der Waals surface area contributed by atoms with E-state index in [9.17, 15) is 17.6 Å². The molecule has 0 saturated carbocycles. The van der Waals surface area contributed by atoms with Gasteiger partial charge in [0, 0.05) is 13.6 Å². The van der Waals surface area contributed by atoms with E-state index in [4.69, 9.17) is 9.84 Å². The van der Waals surface area contributed by atoms with Crippen molar-refractivity contribution in [1.29, 1.82) is 0 Å². The number of ether oxygens (including phenoxy) is 1. The van der Waals surface area contributed by atoms with Crippen LogP contribution in [0.15, 0.2) is 23.1 Å². The molecule has 0 fully saturated rings. The second-order valence-electron chi connectivity index (χ2n) is 3.69. The van der Waals surface area contributed by atoms with Crippen LogP contribution in [-0.4, -0.2) is 51.2 Å². The maximum Gasteiger partial charge on any atom is 0.335 e. The number of rotatable bonds is 6. The van der Waals surface area contributed by atoms with E-state index in [-0.39, 0.29) is 22.8 Å². The highest BCUT2D eigenvalue weighted by Crippen LogP contribution is 2.27. The molecular formula is C11H14FNO5S. The van der Waals surface area contributed by atoms with Gasteiger partial charge in [-0.1, -0.05) is 0 Å². The van der Waals surface area contributed by atoms with E-state index in [1.54, 1.807) is 0 Å². The van der Waals surface area contributed by atoms with Gasteiger partial charge in [0.1, 0.15) is 17.3 Å². The van der Waals surface area contributed by atoms with Crippen LogP contribution < -0.4 is 4.74 Å². The number of halogens is 1. The fourth-order valence-electron chi connectivity index (χ4n) is 1.42. The first-order valence-corrected chi connectivity index (χ1v) is 6.72. The summed E-state index contributed by atoms with van der Waals surface area (Å²) in [5.74, 6) is -1.29. The van der Waals surface area contributed by atoms with E-state index in [1.165, 1.54) is 14.2 Å². The number of hydrogen-bond acceptors (Lipinski definition) is 4.